The molecule has 0 saturated carbocycles. The zero-order chi connectivity index (χ0) is 20.8. The lowest BCUT2D eigenvalue weighted by Gasteiger charge is -2.37. The van der Waals surface area contributed by atoms with Crippen LogP contribution in [0, 0.1) is 0 Å². The molecule has 1 atom stereocenters. The molecule has 1 unspecified atom stereocenters. The van der Waals surface area contributed by atoms with Gasteiger partial charge in [0.05, 0.1) is 6.54 Å². The normalized spacial score (nSPS) is 19.3. The second kappa shape index (κ2) is 11.5. The SMILES string of the molecule is CCNC(=NCc1cc(-c2ccccc2)on1)N1CCN(C(=O)C2CCCO2)CC1.I. The number of benzene rings is 1. The molecule has 1 amide bonds. The Kier molecular flexibility index (Phi) is 8.70. The maximum absolute atomic E-state index is 12.6. The van der Waals surface area contributed by atoms with E-state index in [0.29, 0.717) is 26.2 Å². The van der Waals surface area contributed by atoms with E-state index >= 15 is 0 Å². The van der Waals surface area contributed by atoms with Gasteiger partial charge < -0.3 is 24.4 Å². The highest BCUT2D eigenvalue weighted by Crippen LogP contribution is 2.20. The number of nitrogens with one attached hydrogen (secondary N) is 1. The number of hydrogen-bond acceptors (Lipinski definition) is 5. The third-order valence-electron chi connectivity index (χ3n) is 5.44. The Morgan fingerprint density at radius 3 is 2.61 bits per heavy atom. The summed E-state index contributed by atoms with van der Waals surface area (Å²) < 4.78 is 11.0. The zero-order valence-corrected chi connectivity index (χ0v) is 20.2. The molecule has 3 heterocycles. The summed E-state index contributed by atoms with van der Waals surface area (Å²) in [7, 11) is 0. The van der Waals surface area contributed by atoms with Crippen molar-refractivity contribution in [3.8, 4) is 11.3 Å². The van der Waals surface area contributed by atoms with Crippen LogP contribution in [0.25, 0.3) is 11.3 Å². The van der Waals surface area contributed by atoms with Gasteiger partial charge in [0.1, 0.15) is 11.8 Å². The summed E-state index contributed by atoms with van der Waals surface area (Å²) in [5.74, 6) is 1.71. The Labute approximate surface area is 200 Å². The average molecular weight is 539 g/mol. The monoisotopic (exact) mass is 539 g/mol. The Hall–Kier alpha value is -2.14. The first kappa shape index (κ1) is 23.5. The molecular formula is C22H30IN5O3. The number of carbonyl (C=O) groups excluding carboxylic acids is 1. The van der Waals surface area contributed by atoms with Crippen LogP contribution in [0.2, 0.25) is 0 Å². The number of aliphatic imine (C=N–C) groups is 1. The minimum absolute atomic E-state index is 0. The summed E-state index contributed by atoms with van der Waals surface area (Å²) in [5.41, 5.74) is 1.79. The number of piperazine rings is 1. The van der Waals surface area contributed by atoms with Gasteiger partial charge in [-0.3, -0.25) is 4.79 Å². The van der Waals surface area contributed by atoms with Crippen molar-refractivity contribution < 1.29 is 14.1 Å². The number of aromatic nitrogens is 1. The van der Waals surface area contributed by atoms with Crippen molar-refractivity contribution in [1.82, 2.24) is 20.3 Å². The van der Waals surface area contributed by atoms with Crippen molar-refractivity contribution >= 4 is 35.8 Å². The Morgan fingerprint density at radius 1 is 1.19 bits per heavy atom. The van der Waals surface area contributed by atoms with Gasteiger partial charge in [-0.2, -0.15) is 0 Å². The van der Waals surface area contributed by atoms with Crippen LogP contribution in [-0.4, -0.2) is 72.3 Å². The van der Waals surface area contributed by atoms with Gasteiger partial charge in [0.2, 0.25) is 0 Å². The third-order valence-corrected chi connectivity index (χ3v) is 5.44. The molecule has 0 aliphatic carbocycles. The number of guanidine groups is 1. The van der Waals surface area contributed by atoms with Crippen molar-refractivity contribution in [2.24, 2.45) is 4.99 Å². The topological polar surface area (TPSA) is 83.2 Å². The lowest BCUT2D eigenvalue weighted by atomic mass is 10.2. The van der Waals surface area contributed by atoms with E-state index in [9.17, 15) is 4.79 Å². The molecule has 0 radical (unpaired) electrons. The van der Waals surface area contributed by atoms with E-state index in [1.807, 2.05) is 41.3 Å². The minimum Gasteiger partial charge on any atom is -0.368 e. The maximum atomic E-state index is 12.6. The molecule has 1 aromatic carbocycles. The maximum Gasteiger partial charge on any atom is 0.251 e. The number of rotatable bonds is 5. The molecule has 2 saturated heterocycles. The molecule has 2 fully saturated rings. The molecular weight excluding hydrogens is 509 g/mol. The fourth-order valence-electron chi connectivity index (χ4n) is 3.82. The molecule has 4 rings (SSSR count). The summed E-state index contributed by atoms with van der Waals surface area (Å²) in [5, 5.41) is 7.50. The van der Waals surface area contributed by atoms with Gasteiger partial charge >= 0.3 is 0 Å². The number of amides is 1. The van der Waals surface area contributed by atoms with Gasteiger partial charge in [0, 0.05) is 51.0 Å². The van der Waals surface area contributed by atoms with Crippen LogP contribution in [-0.2, 0) is 16.1 Å². The van der Waals surface area contributed by atoms with Crippen molar-refractivity contribution in [3.63, 3.8) is 0 Å². The molecule has 2 aromatic rings. The van der Waals surface area contributed by atoms with Crippen LogP contribution >= 0.6 is 24.0 Å². The smallest absolute Gasteiger partial charge is 0.251 e. The number of halogens is 1. The van der Waals surface area contributed by atoms with E-state index in [4.69, 9.17) is 14.3 Å². The number of hydrogen-bond donors (Lipinski definition) is 1. The molecule has 2 aliphatic rings. The van der Waals surface area contributed by atoms with Gasteiger partial charge in [0.15, 0.2) is 11.7 Å². The van der Waals surface area contributed by atoms with Crippen molar-refractivity contribution in [3.05, 3.63) is 42.1 Å². The third kappa shape index (κ3) is 5.97. The van der Waals surface area contributed by atoms with Crippen molar-refractivity contribution in [2.75, 3.05) is 39.3 Å². The molecule has 9 heteroatoms. The Morgan fingerprint density at radius 2 is 1.94 bits per heavy atom. The summed E-state index contributed by atoms with van der Waals surface area (Å²) >= 11 is 0. The average Bonchev–Trinajstić information content (AvgIpc) is 3.49. The van der Waals surface area contributed by atoms with Gasteiger partial charge in [0.25, 0.3) is 5.91 Å². The first-order valence-electron chi connectivity index (χ1n) is 10.7. The lowest BCUT2D eigenvalue weighted by Crippen LogP contribution is -2.55. The Balaban J connectivity index is 0.00000272. The van der Waals surface area contributed by atoms with Crippen LogP contribution in [0.1, 0.15) is 25.5 Å². The molecule has 168 valence electrons. The second-order valence-corrected chi connectivity index (χ2v) is 7.53. The molecule has 1 aromatic heterocycles. The first-order valence-corrected chi connectivity index (χ1v) is 10.7. The van der Waals surface area contributed by atoms with E-state index in [1.165, 1.54) is 0 Å². The summed E-state index contributed by atoms with van der Waals surface area (Å²) in [4.78, 5) is 21.4. The molecule has 0 bridgehead atoms. The largest absolute Gasteiger partial charge is 0.368 e. The fraction of sp³-hybridized carbons (Fsp3) is 0.500. The van der Waals surface area contributed by atoms with Crippen LogP contribution in [0.3, 0.4) is 0 Å². The van der Waals surface area contributed by atoms with Crippen LogP contribution in [0.4, 0.5) is 0 Å². The van der Waals surface area contributed by atoms with E-state index in [2.05, 4.69) is 22.3 Å². The van der Waals surface area contributed by atoms with Crippen LogP contribution in [0.5, 0.6) is 0 Å². The van der Waals surface area contributed by atoms with Gasteiger partial charge in [-0.1, -0.05) is 35.5 Å². The lowest BCUT2D eigenvalue weighted by molar-refractivity contribution is -0.142. The molecule has 31 heavy (non-hydrogen) atoms. The summed E-state index contributed by atoms with van der Waals surface area (Å²) in [6, 6.07) is 11.8. The van der Waals surface area contributed by atoms with E-state index < -0.39 is 0 Å². The highest BCUT2D eigenvalue weighted by Gasteiger charge is 2.30. The number of ether oxygens (including phenoxy) is 1. The van der Waals surface area contributed by atoms with Crippen molar-refractivity contribution in [1.29, 1.82) is 0 Å². The summed E-state index contributed by atoms with van der Waals surface area (Å²) in [6.07, 6.45) is 1.57. The highest BCUT2D eigenvalue weighted by atomic mass is 127. The predicted octanol–water partition coefficient (Wildman–Crippen LogP) is 2.75. The fourth-order valence-corrected chi connectivity index (χ4v) is 3.82. The van der Waals surface area contributed by atoms with Gasteiger partial charge in [-0.15, -0.1) is 24.0 Å². The van der Waals surface area contributed by atoms with Crippen LogP contribution < -0.4 is 5.32 Å². The molecule has 1 N–H and O–H groups in total. The molecule has 8 nitrogen and oxygen atoms in total. The predicted molar refractivity (Wildman–Crippen MR) is 129 cm³/mol. The standard InChI is InChI=1S/C22H29N5O3.HI/c1-2-23-22(24-16-18-15-20(30-25-18)17-7-4-3-5-8-17)27-12-10-26(11-13-27)21(28)19-9-6-14-29-19;/h3-5,7-8,15,19H,2,6,9-14,16H2,1H3,(H,23,24);1H. The minimum atomic E-state index is -0.246. The zero-order valence-electron chi connectivity index (χ0n) is 17.8. The summed E-state index contributed by atoms with van der Waals surface area (Å²) in [6.45, 7) is 6.83. The molecule has 2 aliphatic heterocycles. The second-order valence-electron chi connectivity index (χ2n) is 7.53. The Bertz CT molecular complexity index is 859. The first-order chi connectivity index (χ1) is 14.7. The van der Waals surface area contributed by atoms with E-state index in [1.54, 1.807) is 0 Å². The number of nitrogens with zero attached hydrogens (tertiary/aromatic N) is 4. The van der Waals surface area contributed by atoms with E-state index in [-0.39, 0.29) is 36.0 Å². The van der Waals surface area contributed by atoms with Crippen molar-refractivity contribution in [2.45, 2.75) is 32.4 Å². The van der Waals surface area contributed by atoms with Crippen LogP contribution in [0.15, 0.2) is 45.9 Å². The number of carbonyl (C=O) groups is 1. The van der Waals surface area contributed by atoms with Gasteiger partial charge in [-0.05, 0) is 19.8 Å². The highest BCUT2D eigenvalue weighted by molar-refractivity contribution is 14.0. The van der Waals surface area contributed by atoms with E-state index in [0.717, 1.165) is 55.5 Å². The van der Waals surface area contributed by atoms with Gasteiger partial charge in [-0.25, -0.2) is 4.99 Å². The quantitative estimate of drug-likeness (QED) is 0.358. The molecule has 0 spiro atoms.